The average Bonchev–Trinajstić information content (AvgIpc) is 2.56. The van der Waals surface area contributed by atoms with Gasteiger partial charge in [-0.3, -0.25) is 9.59 Å². The molecule has 0 aromatic heterocycles. The number of nitrogens with zero attached hydrogens (tertiary/aromatic N) is 1. The number of benzene rings is 1. The summed E-state index contributed by atoms with van der Waals surface area (Å²) >= 11 is 3.37. The van der Waals surface area contributed by atoms with Crippen LogP contribution in [0.5, 0.6) is 0 Å². The largest absolute Gasteiger partial charge is 0.339 e. The molecule has 0 saturated carbocycles. The van der Waals surface area contributed by atoms with Crippen LogP contribution in [0.15, 0.2) is 28.7 Å². The summed E-state index contributed by atoms with van der Waals surface area (Å²) in [6.45, 7) is 6.28. The first-order valence-corrected chi connectivity index (χ1v) is 9.03. The lowest BCUT2D eigenvalue weighted by molar-refractivity contribution is -0.149. The normalized spacial score (nSPS) is 18.6. The Hall–Kier alpha value is -1.36. The summed E-state index contributed by atoms with van der Waals surface area (Å²) in [5.41, 5.74) is -0.373. The van der Waals surface area contributed by atoms with E-state index in [1.54, 1.807) is 13.8 Å². The molecule has 2 amide bonds. The fraction of sp³-hybridized carbons (Fsp3) is 0.556. The molecule has 0 radical (unpaired) electrons. The van der Waals surface area contributed by atoms with Crippen LogP contribution in [0.1, 0.15) is 46.5 Å². The topological polar surface area (TPSA) is 49.4 Å². The van der Waals surface area contributed by atoms with Gasteiger partial charge in [0.15, 0.2) is 0 Å². The highest BCUT2D eigenvalue weighted by Crippen LogP contribution is 2.28. The summed E-state index contributed by atoms with van der Waals surface area (Å²) in [5.74, 6) is -0.330. The summed E-state index contributed by atoms with van der Waals surface area (Å²) in [4.78, 5) is 27.5. The van der Waals surface area contributed by atoms with Crippen molar-refractivity contribution in [3.63, 3.8) is 0 Å². The third kappa shape index (κ3) is 4.14. The van der Waals surface area contributed by atoms with Gasteiger partial charge < -0.3 is 10.2 Å². The first kappa shape index (κ1) is 18.0. The van der Waals surface area contributed by atoms with Gasteiger partial charge in [0, 0.05) is 22.7 Å². The number of amides is 2. The highest BCUT2D eigenvalue weighted by Gasteiger charge is 2.41. The quantitative estimate of drug-likeness (QED) is 0.795. The molecule has 1 heterocycles. The van der Waals surface area contributed by atoms with Crippen LogP contribution in [0.3, 0.4) is 0 Å². The number of anilines is 1. The number of carbonyl (C=O) groups excluding carboxylic acids is 2. The van der Waals surface area contributed by atoms with Gasteiger partial charge in [-0.1, -0.05) is 22.9 Å². The smallest absolute Gasteiger partial charge is 0.239 e. The van der Waals surface area contributed by atoms with Crippen LogP contribution in [-0.2, 0) is 9.59 Å². The minimum atomic E-state index is -1.07. The van der Waals surface area contributed by atoms with Crippen molar-refractivity contribution in [1.29, 1.82) is 0 Å². The van der Waals surface area contributed by atoms with Gasteiger partial charge in [0.25, 0.3) is 0 Å². The molecule has 1 fully saturated rings. The van der Waals surface area contributed by atoms with E-state index >= 15 is 0 Å². The number of halogens is 1. The predicted molar refractivity (Wildman–Crippen MR) is 96.2 cm³/mol. The van der Waals surface area contributed by atoms with Crippen molar-refractivity contribution in [2.75, 3.05) is 11.9 Å². The first-order valence-electron chi connectivity index (χ1n) is 8.24. The van der Waals surface area contributed by atoms with Crippen molar-refractivity contribution in [1.82, 2.24) is 4.90 Å². The maximum atomic E-state index is 12.9. The molecule has 1 saturated heterocycles. The molecule has 1 aliphatic heterocycles. The van der Waals surface area contributed by atoms with E-state index in [-0.39, 0.29) is 17.9 Å². The first-order chi connectivity index (χ1) is 10.9. The zero-order chi connectivity index (χ0) is 17.0. The minimum absolute atomic E-state index is 0.0707. The van der Waals surface area contributed by atoms with E-state index in [0.717, 1.165) is 36.7 Å². The molecule has 2 rings (SSSR count). The molecular weight excluding hydrogens is 356 g/mol. The lowest BCUT2D eigenvalue weighted by Gasteiger charge is -2.39. The number of piperidine rings is 1. The van der Waals surface area contributed by atoms with Crippen LogP contribution in [0.2, 0.25) is 0 Å². The van der Waals surface area contributed by atoms with Crippen LogP contribution in [0.4, 0.5) is 5.69 Å². The molecule has 1 aromatic rings. The monoisotopic (exact) mass is 380 g/mol. The number of carbonyl (C=O) groups is 2. The van der Waals surface area contributed by atoms with Crippen molar-refractivity contribution >= 4 is 33.4 Å². The molecule has 1 aliphatic rings. The standard InChI is InChI=1S/C18H25BrN2O2/c1-4-15-7-5-6-12-21(15)17(23)18(2,3)16(22)20-14-10-8-13(19)9-11-14/h8-11,15H,4-7,12H2,1-3H3,(H,20,22). The van der Waals surface area contributed by atoms with Gasteiger partial charge in [-0.25, -0.2) is 0 Å². The van der Waals surface area contributed by atoms with Crippen LogP contribution in [0, 0.1) is 5.41 Å². The van der Waals surface area contributed by atoms with Gasteiger partial charge in [0.1, 0.15) is 5.41 Å². The minimum Gasteiger partial charge on any atom is -0.339 e. The third-order valence-corrected chi connectivity index (χ3v) is 5.09. The Morgan fingerprint density at radius 2 is 1.91 bits per heavy atom. The van der Waals surface area contributed by atoms with Crippen molar-refractivity contribution in [2.24, 2.45) is 5.41 Å². The Bertz CT molecular complexity index is 569. The molecule has 4 nitrogen and oxygen atoms in total. The van der Waals surface area contributed by atoms with E-state index in [1.165, 1.54) is 0 Å². The van der Waals surface area contributed by atoms with Gasteiger partial charge in [-0.2, -0.15) is 0 Å². The molecule has 5 heteroatoms. The predicted octanol–water partition coefficient (Wildman–Crippen LogP) is 4.20. The molecule has 0 spiro atoms. The number of hydrogen-bond donors (Lipinski definition) is 1. The Morgan fingerprint density at radius 3 is 2.52 bits per heavy atom. The van der Waals surface area contributed by atoms with Crippen LogP contribution in [0.25, 0.3) is 0 Å². The molecule has 1 unspecified atom stereocenters. The molecule has 1 atom stereocenters. The van der Waals surface area contributed by atoms with E-state index in [9.17, 15) is 9.59 Å². The second-order valence-corrected chi connectivity index (χ2v) is 7.56. The lowest BCUT2D eigenvalue weighted by atomic mass is 9.87. The average molecular weight is 381 g/mol. The zero-order valence-corrected chi connectivity index (χ0v) is 15.6. The molecule has 0 bridgehead atoms. The van der Waals surface area contributed by atoms with E-state index in [1.807, 2.05) is 29.2 Å². The van der Waals surface area contributed by atoms with E-state index in [4.69, 9.17) is 0 Å². The fourth-order valence-electron chi connectivity index (χ4n) is 2.97. The van der Waals surface area contributed by atoms with Crippen LogP contribution < -0.4 is 5.32 Å². The molecule has 0 aliphatic carbocycles. The fourth-order valence-corrected chi connectivity index (χ4v) is 3.23. The highest BCUT2D eigenvalue weighted by atomic mass is 79.9. The Balaban J connectivity index is 2.10. The van der Waals surface area contributed by atoms with E-state index in [2.05, 4.69) is 28.2 Å². The lowest BCUT2D eigenvalue weighted by Crippen LogP contribution is -2.52. The van der Waals surface area contributed by atoms with Crippen LogP contribution >= 0.6 is 15.9 Å². The van der Waals surface area contributed by atoms with Crippen molar-refractivity contribution in [3.05, 3.63) is 28.7 Å². The number of likely N-dealkylation sites (tertiary alicyclic amines) is 1. The SMILES string of the molecule is CCC1CCCCN1C(=O)C(C)(C)C(=O)Nc1ccc(Br)cc1. The van der Waals surface area contributed by atoms with Crippen molar-refractivity contribution in [2.45, 2.75) is 52.5 Å². The van der Waals surface area contributed by atoms with Crippen molar-refractivity contribution in [3.8, 4) is 0 Å². The number of rotatable bonds is 4. The van der Waals surface area contributed by atoms with Crippen LogP contribution in [-0.4, -0.2) is 29.3 Å². The van der Waals surface area contributed by atoms with E-state index in [0.29, 0.717) is 5.69 Å². The summed E-state index contributed by atoms with van der Waals surface area (Å²) < 4.78 is 0.949. The second-order valence-electron chi connectivity index (χ2n) is 6.64. The maximum absolute atomic E-state index is 12.9. The highest BCUT2D eigenvalue weighted by molar-refractivity contribution is 9.10. The summed E-state index contributed by atoms with van der Waals surface area (Å²) in [7, 11) is 0. The Labute approximate surface area is 146 Å². The van der Waals surface area contributed by atoms with Gasteiger partial charge in [-0.05, 0) is 63.8 Å². The summed E-state index contributed by atoms with van der Waals surface area (Å²) in [6, 6.07) is 7.62. The molecule has 23 heavy (non-hydrogen) atoms. The summed E-state index contributed by atoms with van der Waals surface area (Å²) in [5, 5.41) is 2.85. The third-order valence-electron chi connectivity index (χ3n) is 4.56. The summed E-state index contributed by atoms with van der Waals surface area (Å²) in [6.07, 6.45) is 4.16. The molecule has 1 aromatic carbocycles. The Morgan fingerprint density at radius 1 is 1.26 bits per heavy atom. The van der Waals surface area contributed by atoms with Gasteiger partial charge >= 0.3 is 0 Å². The Kier molecular flexibility index (Phi) is 5.84. The second kappa shape index (κ2) is 7.47. The number of hydrogen-bond acceptors (Lipinski definition) is 2. The van der Waals surface area contributed by atoms with Gasteiger partial charge in [0.2, 0.25) is 11.8 Å². The van der Waals surface area contributed by atoms with Crippen molar-refractivity contribution < 1.29 is 9.59 Å². The molecule has 1 N–H and O–H groups in total. The van der Waals surface area contributed by atoms with Gasteiger partial charge in [0.05, 0.1) is 0 Å². The number of nitrogens with one attached hydrogen (secondary N) is 1. The molecular formula is C18H25BrN2O2. The zero-order valence-electron chi connectivity index (χ0n) is 14.1. The van der Waals surface area contributed by atoms with E-state index < -0.39 is 5.41 Å². The van der Waals surface area contributed by atoms with Gasteiger partial charge in [-0.15, -0.1) is 0 Å². The molecule has 126 valence electrons. The maximum Gasteiger partial charge on any atom is 0.239 e.